The number of thioether (sulfide) groups is 1. The molecule has 1 rings (SSSR count). The molecular weight excluding hydrogens is 284 g/mol. The van der Waals surface area contributed by atoms with E-state index in [-0.39, 0.29) is 6.04 Å². The zero-order valence-electron chi connectivity index (χ0n) is 13.8. The number of hydrogen-bond donors (Lipinski definition) is 1. The lowest BCUT2D eigenvalue weighted by molar-refractivity contribution is 0.187. The zero-order chi connectivity index (χ0) is 15.8. The molecule has 0 radical (unpaired) electrons. The van der Waals surface area contributed by atoms with Gasteiger partial charge in [0, 0.05) is 24.4 Å². The molecule has 0 fully saturated rings. The summed E-state index contributed by atoms with van der Waals surface area (Å²) in [4.78, 5) is 2.37. The quantitative estimate of drug-likeness (QED) is 0.760. The van der Waals surface area contributed by atoms with Crippen LogP contribution in [0.4, 0.5) is 0 Å². The maximum absolute atomic E-state index is 6.04. The highest BCUT2D eigenvalue weighted by atomic mass is 32.2. The lowest BCUT2D eigenvalue weighted by atomic mass is 10.0. The third kappa shape index (κ3) is 4.53. The number of methoxy groups -OCH3 is 2. The maximum Gasteiger partial charge on any atom is 0.161 e. The van der Waals surface area contributed by atoms with Gasteiger partial charge in [0.05, 0.1) is 14.2 Å². The lowest BCUT2D eigenvalue weighted by Crippen LogP contribution is -2.39. The van der Waals surface area contributed by atoms with E-state index in [1.807, 2.05) is 23.9 Å². The summed E-state index contributed by atoms with van der Waals surface area (Å²) < 4.78 is 10.7. The average Bonchev–Trinajstić information content (AvgIpc) is 2.52. The Bertz CT molecular complexity index is 429. The van der Waals surface area contributed by atoms with Gasteiger partial charge in [-0.25, -0.2) is 0 Å². The van der Waals surface area contributed by atoms with Crippen molar-refractivity contribution in [3.05, 3.63) is 23.8 Å². The molecule has 0 aromatic heterocycles. The predicted molar refractivity (Wildman–Crippen MR) is 91.6 cm³/mol. The SMILES string of the molecule is CCC(CSC)N(C)C(CN)c1ccc(OC)c(OC)c1. The van der Waals surface area contributed by atoms with Gasteiger partial charge in [-0.3, -0.25) is 4.90 Å². The van der Waals surface area contributed by atoms with Crippen molar-refractivity contribution in [2.24, 2.45) is 5.73 Å². The molecule has 0 saturated heterocycles. The molecule has 2 unspecified atom stereocenters. The van der Waals surface area contributed by atoms with Gasteiger partial charge < -0.3 is 15.2 Å². The molecule has 0 saturated carbocycles. The van der Waals surface area contributed by atoms with Gasteiger partial charge in [-0.2, -0.15) is 11.8 Å². The number of nitrogens with zero attached hydrogens (tertiary/aromatic N) is 1. The molecule has 120 valence electrons. The fourth-order valence-electron chi connectivity index (χ4n) is 2.57. The van der Waals surface area contributed by atoms with Crippen LogP contribution < -0.4 is 15.2 Å². The molecule has 2 atom stereocenters. The van der Waals surface area contributed by atoms with E-state index in [2.05, 4.69) is 31.2 Å². The Balaban J connectivity index is 3.03. The van der Waals surface area contributed by atoms with Crippen LogP contribution in [-0.4, -0.2) is 50.8 Å². The van der Waals surface area contributed by atoms with E-state index in [1.54, 1.807) is 14.2 Å². The Morgan fingerprint density at radius 2 is 1.90 bits per heavy atom. The Kier molecular flexibility index (Phi) is 7.93. The van der Waals surface area contributed by atoms with Crippen molar-refractivity contribution in [1.82, 2.24) is 4.90 Å². The molecule has 0 spiro atoms. The summed E-state index contributed by atoms with van der Waals surface area (Å²) in [5, 5.41) is 0. The standard InChI is InChI=1S/C16H28N2O2S/c1-6-13(11-21-5)18(2)14(10-17)12-7-8-15(19-3)16(9-12)20-4/h7-9,13-14H,6,10-11,17H2,1-5H3. The van der Waals surface area contributed by atoms with Crippen molar-refractivity contribution in [1.29, 1.82) is 0 Å². The number of likely N-dealkylation sites (N-methyl/N-ethyl adjacent to an activating group) is 1. The van der Waals surface area contributed by atoms with Crippen molar-refractivity contribution in [2.45, 2.75) is 25.4 Å². The number of nitrogens with two attached hydrogens (primary N) is 1. The van der Waals surface area contributed by atoms with Crippen LogP contribution in [0.1, 0.15) is 24.9 Å². The number of benzene rings is 1. The minimum Gasteiger partial charge on any atom is -0.493 e. The van der Waals surface area contributed by atoms with Crippen LogP contribution in [0.3, 0.4) is 0 Å². The van der Waals surface area contributed by atoms with Crippen LogP contribution in [0.2, 0.25) is 0 Å². The smallest absolute Gasteiger partial charge is 0.161 e. The normalized spacial score (nSPS) is 14.0. The van der Waals surface area contributed by atoms with Gasteiger partial charge in [-0.15, -0.1) is 0 Å². The third-order valence-electron chi connectivity index (χ3n) is 3.91. The van der Waals surface area contributed by atoms with Crippen LogP contribution in [0, 0.1) is 0 Å². The van der Waals surface area contributed by atoms with Crippen LogP contribution in [0.15, 0.2) is 18.2 Å². The van der Waals surface area contributed by atoms with Crippen molar-refractivity contribution in [2.75, 3.05) is 39.8 Å². The van der Waals surface area contributed by atoms with Gasteiger partial charge in [0.25, 0.3) is 0 Å². The summed E-state index contributed by atoms with van der Waals surface area (Å²) in [6.45, 7) is 2.80. The summed E-state index contributed by atoms with van der Waals surface area (Å²) in [6.07, 6.45) is 3.26. The largest absolute Gasteiger partial charge is 0.493 e. The first-order valence-electron chi connectivity index (χ1n) is 7.25. The lowest BCUT2D eigenvalue weighted by Gasteiger charge is -2.34. The second-order valence-electron chi connectivity index (χ2n) is 5.05. The molecule has 0 amide bonds. The van der Waals surface area contributed by atoms with E-state index >= 15 is 0 Å². The van der Waals surface area contributed by atoms with E-state index in [9.17, 15) is 0 Å². The molecule has 0 aliphatic carbocycles. The first kappa shape index (κ1) is 18.1. The molecule has 0 heterocycles. The van der Waals surface area contributed by atoms with Crippen LogP contribution in [0.5, 0.6) is 11.5 Å². The number of rotatable bonds is 9. The molecule has 1 aromatic carbocycles. The molecular formula is C16H28N2O2S. The zero-order valence-corrected chi connectivity index (χ0v) is 14.6. The van der Waals surface area contributed by atoms with Crippen molar-refractivity contribution in [3.63, 3.8) is 0 Å². The molecule has 5 heteroatoms. The predicted octanol–water partition coefficient (Wildman–Crippen LogP) is 2.78. The summed E-state index contributed by atoms with van der Waals surface area (Å²) >= 11 is 1.87. The van der Waals surface area contributed by atoms with Gasteiger partial charge in [0.15, 0.2) is 11.5 Å². The number of hydrogen-bond acceptors (Lipinski definition) is 5. The first-order chi connectivity index (χ1) is 10.1. The second-order valence-corrected chi connectivity index (χ2v) is 5.96. The highest BCUT2D eigenvalue weighted by molar-refractivity contribution is 7.98. The molecule has 4 nitrogen and oxygen atoms in total. The Labute approximate surface area is 133 Å². The van der Waals surface area contributed by atoms with Crippen molar-refractivity contribution in [3.8, 4) is 11.5 Å². The van der Waals surface area contributed by atoms with Crippen molar-refractivity contribution >= 4 is 11.8 Å². The maximum atomic E-state index is 6.04. The van der Waals surface area contributed by atoms with Crippen LogP contribution in [0.25, 0.3) is 0 Å². The van der Waals surface area contributed by atoms with Gasteiger partial charge >= 0.3 is 0 Å². The Morgan fingerprint density at radius 1 is 1.24 bits per heavy atom. The van der Waals surface area contributed by atoms with E-state index in [0.717, 1.165) is 29.2 Å². The Hall–Kier alpha value is -0.910. The highest BCUT2D eigenvalue weighted by Crippen LogP contribution is 2.32. The highest BCUT2D eigenvalue weighted by Gasteiger charge is 2.23. The van der Waals surface area contributed by atoms with Crippen LogP contribution in [-0.2, 0) is 0 Å². The fourth-order valence-corrected chi connectivity index (χ4v) is 3.42. The molecule has 2 N–H and O–H groups in total. The van der Waals surface area contributed by atoms with E-state index < -0.39 is 0 Å². The van der Waals surface area contributed by atoms with Gasteiger partial charge in [-0.1, -0.05) is 13.0 Å². The van der Waals surface area contributed by atoms with Gasteiger partial charge in [0.2, 0.25) is 0 Å². The molecule has 0 bridgehead atoms. The summed E-state index contributed by atoms with van der Waals surface area (Å²) in [5.41, 5.74) is 7.20. The average molecular weight is 312 g/mol. The summed E-state index contributed by atoms with van der Waals surface area (Å²) in [7, 11) is 5.46. The Morgan fingerprint density at radius 3 is 2.38 bits per heavy atom. The van der Waals surface area contributed by atoms with Gasteiger partial charge in [0.1, 0.15) is 0 Å². The minimum atomic E-state index is 0.182. The monoisotopic (exact) mass is 312 g/mol. The molecule has 21 heavy (non-hydrogen) atoms. The number of ether oxygens (including phenoxy) is 2. The van der Waals surface area contributed by atoms with Gasteiger partial charge in [-0.05, 0) is 37.4 Å². The summed E-state index contributed by atoms with van der Waals surface area (Å²) in [6, 6.07) is 6.74. The molecule has 1 aromatic rings. The van der Waals surface area contributed by atoms with Crippen LogP contribution >= 0.6 is 11.8 Å². The van der Waals surface area contributed by atoms with E-state index in [4.69, 9.17) is 15.2 Å². The third-order valence-corrected chi connectivity index (χ3v) is 4.63. The minimum absolute atomic E-state index is 0.182. The van der Waals surface area contributed by atoms with E-state index in [1.165, 1.54) is 0 Å². The van der Waals surface area contributed by atoms with Crippen molar-refractivity contribution < 1.29 is 9.47 Å². The second kappa shape index (κ2) is 9.18. The topological polar surface area (TPSA) is 47.7 Å². The first-order valence-corrected chi connectivity index (χ1v) is 8.65. The molecule has 0 aliphatic heterocycles. The fraction of sp³-hybridized carbons (Fsp3) is 0.625. The molecule has 0 aliphatic rings. The summed E-state index contributed by atoms with van der Waals surface area (Å²) in [5.74, 6) is 2.60. The van der Waals surface area contributed by atoms with E-state index in [0.29, 0.717) is 12.6 Å².